The number of phenolic OH excluding ortho intramolecular Hbond substituents is 1. The number of likely N-dealkylation sites (N-methyl/N-ethyl adjacent to an activating group) is 1. The number of aromatic hydroxyl groups is 1. The average Bonchev–Trinajstić information content (AvgIpc) is 3.65. The van der Waals surface area contributed by atoms with Gasteiger partial charge in [0, 0.05) is 60.8 Å². The van der Waals surface area contributed by atoms with Crippen LogP contribution in [0, 0.1) is 12.7 Å². The highest BCUT2D eigenvalue weighted by atomic mass is 32.2. The maximum Gasteiger partial charge on any atom is 0.410 e. The van der Waals surface area contributed by atoms with Crippen molar-refractivity contribution in [3.05, 3.63) is 35.3 Å². The van der Waals surface area contributed by atoms with Crippen molar-refractivity contribution < 1.29 is 32.2 Å². The summed E-state index contributed by atoms with van der Waals surface area (Å²) in [6, 6.07) is 3.20. The van der Waals surface area contributed by atoms with Crippen LogP contribution in [0.1, 0.15) is 89.5 Å². The van der Waals surface area contributed by atoms with E-state index < -0.39 is 32.5 Å². The lowest BCUT2D eigenvalue weighted by Crippen LogP contribution is -2.39. The lowest BCUT2D eigenvalue weighted by Gasteiger charge is -2.29. The second kappa shape index (κ2) is 12.6. The van der Waals surface area contributed by atoms with Crippen molar-refractivity contribution in [1.29, 1.82) is 0 Å². The molecule has 14 heteroatoms. The molecule has 2 aromatic heterocycles. The molecule has 2 saturated heterocycles. The molecule has 2 atom stereocenters. The van der Waals surface area contributed by atoms with Crippen LogP contribution in [0.3, 0.4) is 0 Å². The van der Waals surface area contributed by atoms with E-state index in [2.05, 4.69) is 15.1 Å². The van der Waals surface area contributed by atoms with E-state index in [1.165, 1.54) is 13.0 Å². The van der Waals surface area contributed by atoms with Crippen molar-refractivity contribution in [2.24, 2.45) is 0 Å². The van der Waals surface area contributed by atoms with Crippen molar-refractivity contribution in [3.8, 4) is 16.9 Å². The second-order valence-corrected chi connectivity index (χ2v) is 16.9. The molecule has 3 fully saturated rings. The zero-order chi connectivity index (χ0) is 35.7. The Balaban J connectivity index is 1.41. The van der Waals surface area contributed by atoms with E-state index in [4.69, 9.17) is 9.47 Å². The van der Waals surface area contributed by atoms with E-state index in [0.717, 1.165) is 37.7 Å². The van der Waals surface area contributed by atoms with Gasteiger partial charge < -0.3 is 24.4 Å². The molecule has 12 nitrogen and oxygen atoms in total. The van der Waals surface area contributed by atoms with Gasteiger partial charge in [-0.25, -0.2) is 32.3 Å². The number of carbonyl (C=O) groups is 1. The highest BCUT2D eigenvalue weighted by molar-refractivity contribution is 7.91. The van der Waals surface area contributed by atoms with E-state index in [-0.39, 0.29) is 35.2 Å². The van der Waals surface area contributed by atoms with Gasteiger partial charge in [-0.05, 0) is 89.3 Å². The van der Waals surface area contributed by atoms with Crippen LogP contribution in [0.2, 0.25) is 0 Å². The fraction of sp³-hybridized carbons (Fsp3) is 0.556. The molecule has 1 amide bonds. The van der Waals surface area contributed by atoms with Crippen LogP contribution in [0.15, 0.2) is 23.5 Å². The largest absolute Gasteiger partial charge is 0.505 e. The number of carbonyl (C=O) groups excluding carboxylic acids is 1. The van der Waals surface area contributed by atoms with Gasteiger partial charge in [0.05, 0.1) is 17.5 Å². The van der Waals surface area contributed by atoms with Gasteiger partial charge in [-0.2, -0.15) is 5.10 Å². The highest BCUT2D eigenvalue weighted by Gasteiger charge is 2.36. The highest BCUT2D eigenvalue weighted by Crippen LogP contribution is 2.52. The normalized spacial score (nSPS) is 20.2. The molecule has 2 aromatic carbocycles. The molecule has 2 aliphatic heterocycles. The summed E-state index contributed by atoms with van der Waals surface area (Å²) >= 11 is 0. The fourth-order valence-electron chi connectivity index (χ4n) is 7.20. The predicted molar refractivity (Wildman–Crippen MR) is 188 cm³/mol. The van der Waals surface area contributed by atoms with Crippen molar-refractivity contribution in [2.45, 2.75) is 102 Å². The third kappa shape index (κ3) is 6.14. The van der Waals surface area contributed by atoms with Gasteiger partial charge in [-0.3, -0.25) is 0 Å². The zero-order valence-corrected chi connectivity index (χ0v) is 30.3. The number of sulfone groups is 1. The van der Waals surface area contributed by atoms with Crippen LogP contribution in [-0.2, 0) is 19.3 Å². The molecule has 4 heterocycles. The summed E-state index contributed by atoms with van der Waals surface area (Å²) in [5.74, 6) is -0.477. The lowest BCUT2D eigenvalue weighted by molar-refractivity contribution is -0.0366. The number of fused-ring (bicyclic) bond motifs is 2. The quantitative estimate of drug-likeness (QED) is 0.209. The number of halogens is 1. The Bertz CT molecular complexity index is 2100. The summed E-state index contributed by atoms with van der Waals surface area (Å²) in [6.45, 7) is 10.1. The summed E-state index contributed by atoms with van der Waals surface area (Å²) in [5.41, 5.74) is 2.07. The first-order chi connectivity index (χ1) is 23.7. The van der Waals surface area contributed by atoms with E-state index in [1.54, 1.807) is 22.7 Å². The molecular weight excluding hydrogens is 663 g/mol. The number of aromatic nitrogens is 4. The van der Waals surface area contributed by atoms with Crippen LogP contribution < -0.4 is 4.90 Å². The van der Waals surface area contributed by atoms with Gasteiger partial charge in [0.1, 0.15) is 28.5 Å². The molecule has 1 saturated carbocycles. The van der Waals surface area contributed by atoms with Crippen LogP contribution in [0.25, 0.3) is 32.9 Å². The van der Waals surface area contributed by atoms with E-state index in [9.17, 15) is 18.3 Å². The first-order valence-corrected chi connectivity index (χ1v) is 19.1. The second-order valence-electron chi connectivity index (χ2n) is 14.8. The molecule has 3 aliphatic rings. The molecule has 0 bridgehead atoms. The number of likely N-dealkylation sites (tertiary alicyclic amines) is 1. The number of amides is 1. The molecule has 268 valence electrons. The smallest absolute Gasteiger partial charge is 0.410 e. The number of ether oxygens (including phenoxy) is 2. The summed E-state index contributed by atoms with van der Waals surface area (Å²) in [6.07, 6.45) is 6.02. The Hall–Kier alpha value is -4.04. The Morgan fingerprint density at radius 1 is 1.12 bits per heavy atom. The van der Waals surface area contributed by atoms with Crippen LogP contribution in [0.4, 0.5) is 15.0 Å². The molecule has 1 unspecified atom stereocenters. The number of hydrogen-bond donors (Lipinski definition) is 1. The van der Waals surface area contributed by atoms with Crippen LogP contribution in [0.5, 0.6) is 5.75 Å². The number of rotatable bonds is 7. The van der Waals surface area contributed by atoms with Gasteiger partial charge in [0.15, 0.2) is 6.23 Å². The minimum Gasteiger partial charge on any atom is -0.505 e. The molecule has 50 heavy (non-hydrogen) atoms. The first kappa shape index (κ1) is 34.4. The maximum atomic E-state index is 15.9. The van der Waals surface area contributed by atoms with Gasteiger partial charge in [0.2, 0.25) is 15.0 Å². The Morgan fingerprint density at radius 2 is 1.88 bits per heavy atom. The number of nitrogens with zero attached hydrogens (tertiary/aromatic N) is 6. The Morgan fingerprint density at radius 3 is 2.54 bits per heavy atom. The average molecular weight is 709 g/mol. The zero-order valence-electron chi connectivity index (χ0n) is 29.5. The third-order valence-electron chi connectivity index (χ3n) is 10.1. The number of phenols is 1. The monoisotopic (exact) mass is 708 g/mol. The molecule has 1 aliphatic carbocycles. The molecule has 1 N–H and O–H groups in total. The fourth-order valence-corrected chi connectivity index (χ4v) is 7.91. The van der Waals surface area contributed by atoms with Gasteiger partial charge in [0.25, 0.3) is 0 Å². The maximum absolute atomic E-state index is 15.9. The predicted octanol–water partition coefficient (Wildman–Crippen LogP) is 6.62. The van der Waals surface area contributed by atoms with Gasteiger partial charge in [-0.1, -0.05) is 6.92 Å². The van der Waals surface area contributed by atoms with Crippen molar-refractivity contribution in [1.82, 2.24) is 24.6 Å². The standard InChI is InChI=1S/C36H45FN6O6S/c1-7-50(46,47)34-39-31-24(33(40-34)41(6)22-13-14-42(19-22)35(45)49-36(3,4)5)16-23(21-11-12-21)30(32(31)44)29-20(2)26(37)17-27-25(29)18-38-43(27)28-10-8-9-15-48-28/h16-18,21-22,28,44H,7-15,19H2,1-6H3/t22-,28?/m0/s1. The van der Waals surface area contributed by atoms with Crippen molar-refractivity contribution in [2.75, 3.05) is 37.4 Å². The number of anilines is 1. The summed E-state index contributed by atoms with van der Waals surface area (Å²) in [7, 11) is -2.10. The van der Waals surface area contributed by atoms with Gasteiger partial charge in [-0.15, -0.1) is 0 Å². The minimum absolute atomic E-state index is 0.0649. The van der Waals surface area contributed by atoms with Crippen LogP contribution >= 0.6 is 0 Å². The Kier molecular flexibility index (Phi) is 8.69. The van der Waals surface area contributed by atoms with Crippen molar-refractivity contribution >= 4 is 43.6 Å². The van der Waals surface area contributed by atoms with E-state index in [0.29, 0.717) is 64.9 Å². The number of benzene rings is 2. The summed E-state index contributed by atoms with van der Waals surface area (Å²) in [4.78, 5) is 25.5. The molecule has 4 aromatic rings. The first-order valence-electron chi connectivity index (χ1n) is 17.5. The van der Waals surface area contributed by atoms with Crippen molar-refractivity contribution in [3.63, 3.8) is 0 Å². The minimum atomic E-state index is -3.91. The third-order valence-corrected chi connectivity index (χ3v) is 11.6. The van der Waals surface area contributed by atoms with E-state index >= 15 is 4.39 Å². The summed E-state index contributed by atoms with van der Waals surface area (Å²) in [5, 5.41) is 17.7. The molecular formula is C36H45FN6O6S. The SMILES string of the molecule is CCS(=O)(=O)c1nc(N(C)[C@H]2CCN(C(=O)OC(C)(C)C)C2)c2cc(C3CC3)c(-c3c(C)c(F)cc4c3cnn4C3CCCCO3)c(O)c2n1. The Labute approximate surface area is 291 Å². The van der Waals surface area contributed by atoms with E-state index in [1.807, 2.05) is 38.8 Å². The molecule has 0 spiro atoms. The summed E-state index contributed by atoms with van der Waals surface area (Å²) < 4.78 is 55.9. The molecule has 7 rings (SSSR count). The number of hydrogen-bond acceptors (Lipinski definition) is 10. The molecule has 0 radical (unpaired) electrons. The topological polar surface area (TPSA) is 140 Å². The van der Waals surface area contributed by atoms with Crippen LogP contribution in [-0.4, -0.2) is 88.4 Å². The lowest BCUT2D eigenvalue weighted by atomic mass is 9.88. The van der Waals surface area contributed by atoms with Gasteiger partial charge >= 0.3 is 6.09 Å².